The van der Waals surface area contributed by atoms with Gasteiger partial charge in [-0.2, -0.15) is 5.10 Å². The molecule has 1 saturated heterocycles. The second kappa shape index (κ2) is 9.30. The van der Waals surface area contributed by atoms with Gasteiger partial charge in [0.2, 0.25) is 5.91 Å². The van der Waals surface area contributed by atoms with E-state index in [1.54, 1.807) is 0 Å². The van der Waals surface area contributed by atoms with E-state index in [-0.39, 0.29) is 11.9 Å². The number of likely N-dealkylation sites (tertiary alicyclic amines) is 1. The molecule has 1 saturated carbocycles. The highest BCUT2D eigenvalue weighted by molar-refractivity contribution is 5.95. The molecule has 2 aliphatic heterocycles. The Kier molecular flexibility index (Phi) is 6.26. The first-order valence-corrected chi connectivity index (χ1v) is 12.6. The Labute approximate surface area is 191 Å². The van der Waals surface area contributed by atoms with E-state index in [0.29, 0.717) is 12.3 Å². The fourth-order valence-electron chi connectivity index (χ4n) is 5.77. The van der Waals surface area contributed by atoms with Crippen LogP contribution in [0.5, 0.6) is 0 Å². The number of aromatic nitrogens is 4. The second-order valence-electron chi connectivity index (χ2n) is 9.81. The number of hydrogen-bond acceptors (Lipinski definition) is 5. The largest absolute Gasteiger partial charge is 0.296 e. The Hall–Kier alpha value is -2.28. The molecule has 7 nitrogen and oxygen atoms in total. The van der Waals surface area contributed by atoms with Crippen LogP contribution in [-0.4, -0.2) is 43.6 Å². The molecule has 0 spiro atoms. The van der Waals surface area contributed by atoms with Gasteiger partial charge in [-0.15, -0.1) is 0 Å². The van der Waals surface area contributed by atoms with Gasteiger partial charge >= 0.3 is 0 Å². The maximum Gasteiger partial charge on any atom is 0.228 e. The topological polar surface area (TPSA) is 67.2 Å². The van der Waals surface area contributed by atoms with Crippen molar-refractivity contribution in [2.45, 2.75) is 90.8 Å². The number of anilines is 1. The van der Waals surface area contributed by atoms with Crippen LogP contribution in [-0.2, 0) is 24.3 Å². The highest BCUT2D eigenvalue weighted by atomic mass is 16.2. The predicted molar refractivity (Wildman–Crippen MR) is 124 cm³/mol. The zero-order chi connectivity index (χ0) is 22.1. The van der Waals surface area contributed by atoms with Crippen LogP contribution < -0.4 is 4.90 Å². The summed E-state index contributed by atoms with van der Waals surface area (Å²) in [6.45, 7) is 7.84. The first-order chi connectivity index (χ1) is 15.6. The van der Waals surface area contributed by atoms with Crippen molar-refractivity contribution in [2.75, 3.05) is 18.0 Å². The van der Waals surface area contributed by atoms with E-state index in [0.717, 1.165) is 62.8 Å². The summed E-state index contributed by atoms with van der Waals surface area (Å²) in [6, 6.07) is 0.206. The molecule has 2 aromatic rings. The molecule has 0 aromatic carbocycles. The SMILES string of the molecule is CCn1cc(CN2CCC[C@@H]2c2nc(C)c3c(n2)N(CC2CCCCC2)C(=O)CC3)cn1. The Morgan fingerprint density at radius 2 is 1.91 bits per heavy atom. The van der Waals surface area contributed by atoms with Crippen molar-refractivity contribution in [1.29, 1.82) is 0 Å². The first-order valence-electron chi connectivity index (χ1n) is 12.6. The standard InChI is InChI=1S/C25H36N6O/c1-3-30-16-20(14-26-30)15-29-13-7-10-22(29)24-27-18(2)21-11-12-23(32)31(25(21)28-24)17-19-8-5-4-6-9-19/h14,16,19,22H,3-13,15,17H2,1-2H3/t22-/m1/s1. The summed E-state index contributed by atoms with van der Waals surface area (Å²) in [5, 5.41) is 4.43. The Morgan fingerprint density at radius 3 is 2.69 bits per heavy atom. The maximum absolute atomic E-state index is 13.0. The van der Waals surface area contributed by atoms with Gasteiger partial charge in [0.25, 0.3) is 0 Å². The average molecular weight is 437 g/mol. The third kappa shape index (κ3) is 4.32. The molecule has 0 N–H and O–H groups in total. The summed E-state index contributed by atoms with van der Waals surface area (Å²) in [5.74, 6) is 2.64. The van der Waals surface area contributed by atoms with Crippen LogP contribution in [0.15, 0.2) is 12.4 Å². The van der Waals surface area contributed by atoms with Crippen LogP contribution in [0.25, 0.3) is 0 Å². The van der Waals surface area contributed by atoms with Gasteiger partial charge in [-0.1, -0.05) is 19.3 Å². The summed E-state index contributed by atoms with van der Waals surface area (Å²) < 4.78 is 1.98. The fraction of sp³-hybridized carbons (Fsp3) is 0.680. The van der Waals surface area contributed by atoms with E-state index < -0.39 is 0 Å². The molecule has 2 aromatic heterocycles. The first kappa shape index (κ1) is 21.6. The molecule has 5 rings (SSSR count). The summed E-state index contributed by atoms with van der Waals surface area (Å²) in [6.07, 6.45) is 14.1. The van der Waals surface area contributed by atoms with Crippen LogP contribution in [0.1, 0.15) is 87.0 Å². The van der Waals surface area contributed by atoms with Crippen molar-refractivity contribution in [1.82, 2.24) is 24.6 Å². The predicted octanol–water partition coefficient (Wildman–Crippen LogP) is 4.20. The number of aryl methyl sites for hydroxylation is 2. The minimum Gasteiger partial charge on any atom is -0.296 e. The fourth-order valence-corrected chi connectivity index (χ4v) is 5.77. The van der Waals surface area contributed by atoms with Gasteiger partial charge in [-0.3, -0.25) is 19.3 Å². The highest BCUT2D eigenvalue weighted by Crippen LogP contribution is 2.36. The number of amides is 1. The lowest BCUT2D eigenvalue weighted by Gasteiger charge is -2.34. The zero-order valence-corrected chi connectivity index (χ0v) is 19.6. The molecule has 32 heavy (non-hydrogen) atoms. The molecule has 0 radical (unpaired) electrons. The van der Waals surface area contributed by atoms with Gasteiger partial charge in [0.1, 0.15) is 11.6 Å². The van der Waals surface area contributed by atoms with Crippen molar-refractivity contribution in [2.24, 2.45) is 5.92 Å². The van der Waals surface area contributed by atoms with Gasteiger partial charge in [0, 0.05) is 49.1 Å². The molecule has 0 bridgehead atoms. The van der Waals surface area contributed by atoms with Gasteiger partial charge < -0.3 is 0 Å². The van der Waals surface area contributed by atoms with Gasteiger partial charge in [0.15, 0.2) is 0 Å². The molecule has 7 heteroatoms. The van der Waals surface area contributed by atoms with Crippen molar-refractivity contribution in [3.05, 3.63) is 35.0 Å². The highest BCUT2D eigenvalue weighted by Gasteiger charge is 2.34. The quantitative estimate of drug-likeness (QED) is 0.679. The summed E-state index contributed by atoms with van der Waals surface area (Å²) >= 11 is 0. The smallest absolute Gasteiger partial charge is 0.228 e. The lowest BCUT2D eigenvalue weighted by atomic mass is 9.88. The third-order valence-electron chi connectivity index (χ3n) is 7.58. The molecular formula is C25H36N6O. The Morgan fingerprint density at radius 1 is 1.06 bits per heavy atom. The van der Waals surface area contributed by atoms with Crippen molar-refractivity contribution >= 4 is 11.7 Å². The molecule has 172 valence electrons. The van der Waals surface area contributed by atoms with E-state index in [1.165, 1.54) is 43.2 Å². The maximum atomic E-state index is 13.0. The molecular weight excluding hydrogens is 400 g/mol. The van der Waals surface area contributed by atoms with Crippen molar-refractivity contribution in [3.63, 3.8) is 0 Å². The van der Waals surface area contributed by atoms with E-state index in [2.05, 4.69) is 30.0 Å². The molecule has 4 heterocycles. The van der Waals surface area contributed by atoms with Crippen LogP contribution in [0.4, 0.5) is 5.82 Å². The molecule has 1 atom stereocenters. The minimum absolute atomic E-state index is 0.206. The van der Waals surface area contributed by atoms with Crippen LogP contribution in [0.2, 0.25) is 0 Å². The number of nitrogens with zero attached hydrogens (tertiary/aromatic N) is 6. The summed E-state index contributed by atoms with van der Waals surface area (Å²) in [7, 11) is 0. The number of carbonyl (C=O) groups is 1. The van der Waals surface area contributed by atoms with Crippen LogP contribution >= 0.6 is 0 Å². The normalized spacial score (nSPS) is 22.5. The molecule has 1 amide bonds. The lowest BCUT2D eigenvalue weighted by Crippen LogP contribution is -2.40. The average Bonchev–Trinajstić information content (AvgIpc) is 3.46. The Balaban J connectivity index is 1.41. The molecule has 2 fully saturated rings. The molecule has 1 aliphatic carbocycles. The van der Waals surface area contributed by atoms with Crippen molar-refractivity contribution < 1.29 is 4.79 Å². The van der Waals surface area contributed by atoms with Crippen LogP contribution in [0.3, 0.4) is 0 Å². The molecule has 3 aliphatic rings. The van der Waals surface area contributed by atoms with E-state index in [9.17, 15) is 4.79 Å². The van der Waals surface area contributed by atoms with Crippen LogP contribution in [0, 0.1) is 12.8 Å². The molecule has 0 unspecified atom stereocenters. The minimum atomic E-state index is 0.206. The Bertz CT molecular complexity index is 963. The third-order valence-corrected chi connectivity index (χ3v) is 7.58. The van der Waals surface area contributed by atoms with E-state index >= 15 is 0 Å². The van der Waals surface area contributed by atoms with E-state index in [1.807, 2.05) is 15.8 Å². The zero-order valence-electron chi connectivity index (χ0n) is 19.6. The van der Waals surface area contributed by atoms with Gasteiger partial charge in [0.05, 0.1) is 12.2 Å². The number of hydrogen-bond donors (Lipinski definition) is 0. The number of carbonyl (C=O) groups excluding carboxylic acids is 1. The second-order valence-corrected chi connectivity index (χ2v) is 9.81. The lowest BCUT2D eigenvalue weighted by molar-refractivity contribution is -0.119. The van der Waals surface area contributed by atoms with Crippen molar-refractivity contribution in [3.8, 4) is 0 Å². The number of fused-ring (bicyclic) bond motifs is 1. The van der Waals surface area contributed by atoms with E-state index in [4.69, 9.17) is 9.97 Å². The monoisotopic (exact) mass is 436 g/mol. The van der Waals surface area contributed by atoms with Gasteiger partial charge in [-0.05, 0) is 58.4 Å². The number of rotatable bonds is 6. The van der Waals surface area contributed by atoms with Gasteiger partial charge in [-0.25, -0.2) is 9.97 Å². The summed E-state index contributed by atoms with van der Waals surface area (Å²) in [4.78, 5) is 27.5. The summed E-state index contributed by atoms with van der Waals surface area (Å²) in [5.41, 5.74) is 3.47.